The number of halogens is 1. The molecule has 0 radical (unpaired) electrons. The molecule has 156 valence electrons. The van der Waals surface area contributed by atoms with E-state index >= 15 is 4.39 Å². The molecule has 1 fully saturated rings. The molecule has 2 aromatic rings. The van der Waals surface area contributed by atoms with Gasteiger partial charge in [0.05, 0.1) is 16.9 Å². The molecule has 0 amide bonds. The highest BCUT2D eigenvalue weighted by Gasteiger charge is 2.32. The summed E-state index contributed by atoms with van der Waals surface area (Å²) in [5.41, 5.74) is -0.203. The first kappa shape index (κ1) is 19.7. The molecule has 1 aromatic carbocycles. The van der Waals surface area contributed by atoms with Gasteiger partial charge in [-0.05, 0) is 31.9 Å². The van der Waals surface area contributed by atoms with E-state index in [2.05, 4.69) is 19.2 Å². The van der Waals surface area contributed by atoms with Gasteiger partial charge in [-0.2, -0.15) is 0 Å². The topological polar surface area (TPSA) is 83.8 Å². The molecular formula is C21H26FN3O4. The van der Waals surface area contributed by atoms with Crippen LogP contribution < -0.4 is 20.4 Å². The molecule has 2 aliphatic heterocycles. The molecule has 2 N–H and O–H groups in total. The van der Waals surface area contributed by atoms with Gasteiger partial charge in [-0.3, -0.25) is 4.79 Å². The second-order valence-corrected chi connectivity index (χ2v) is 8.34. The average molecular weight is 403 g/mol. The third-order valence-corrected chi connectivity index (χ3v) is 5.79. The maximum atomic E-state index is 15.2. The Balaban J connectivity index is 1.82. The molecule has 1 saturated heterocycles. The lowest BCUT2D eigenvalue weighted by Crippen LogP contribution is -2.32. The van der Waals surface area contributed by atoms with E-state index in [1.165, 1.54) is 12.3 Å². The summed E-state index contributed by atoms with van der Waals surface area (Å²) in [5.74, 6) is -1.13. The molecule has 8 heteroatoms. The standard InChI is InChI=1S/C21H26FN3O4/c1-11(2)23-7-13-4-5-24(8-13)18-16(22)6-14-17-20(18)29-10-12(3)25(17)9-15(19(14)26)21(27)28/h6,9,11-13,23H,4-5,7-8,10H2,1-3H3,(H,27,28). The Morgan fingerprint density at radius 1 is 1.45 bits per heavy atom. The number of ether oxygens (including phenoxy) is 1. The van der Waals surface area contributed by atoms with Crippen molar-refractivity contribution in [2.24, 2.45) is 5.92 Å². The molecule has 29 heavy (non-hydrogen) atoms. The minimum Gasteiger partial charge on any atom is -0.487 e. The number of carboxylic acid groups (broad SMARTS) is 1. The number of benzene rings is 1. The summed E-state index contributed by atoms with van der Waals surface area (Å²) in [5, 5.41) is 12.9. The molecule has 3 heterocycles. The zero-order valence-corrected chi connectivity index (χ0v) is 16.9. The Labute approximate surface area is 168 Å². The molecule has 7 nitrogen and oxygen atoms in total. The molecule has 2 aliphatic rings. The quantitative estimate of drug-likeness (QED) is 0.799. The molecule has 2 atom stereocenters. The first-order chi connectivity index (χ1) is 13.8. The Morgan fingerprint density at radius 3 is 2.90 bits per heavy atom. The van der Waals surface area contributed by atoms with E-state index in [0.717, 1.165) is 13.0 Å². The lowest BCUT2D eigenvalue weighted by molar-refractivity contribution is 0.0694. The van der Waals surface area contributed by atoms with Crippen molar-refractivity contribution < 1.29 is 19.0 Å². The lowest BCUT2D eigenvalue weighted by Gasteiger charge is -2.31. The SMILES string of the molecule is CC(C)NCC1CCN(c2c(F)cc3c(=O)c(C(=O)O)cn4c3c2OCC4C)C1. The van der Waals surface area contributed by atoms with E-state index in [9.17, 15) is 14.7 Å². The highest BCUT2D eigenvalue weighted by Crippen LogP contribution is 2.43. The van der Waals surface area contributed by atoms with Gasteiger partial charge < -0.3 is 24.6 Å². The number of hydrogen-bond donors (Lipinski definition) is 2. The largest absolute Gasteiger partial charge is 0.487 e. The highest BCUT2D eigenvalue weighted by molar-refractivity contribution is 5.97. The van der Waals surface area contributed by atoms with Gasteiger partial charge in [-0.25, -0.2) is 9.18 Å². The van der Waals surface area contributed by atoms with Crippen LogP contribution in [0.15, 0.2) is 17.1 Å². The number of rotatable bonds is 5. The Morgan fingerprint density at radius 2 is 2.21 bits per heavy atom. The first-order valence-corrected chi connectivity index (χ1v) is 10.0. The summed E-state index contributed by atoms with van der Waals surface area (Å²) >= 11 is 0. The van der Waals surface area contributed by atoms with Gasteiger partial charge in [0.2, 0.25) is 5.43 Å². The van der Waals surface area contributed by atoms with Crippen molar-refractivity contribution in [1.82, 2.24) is 9.88 Å². The number of nitrogens with one attached hydrogen (secondary N) is 1. The van der Waals surface area contributed by atoms with Crippen LogP contribution in [0.25, 0.3) is 10.9 Å². The number of nitrogens with zero attached hydrogens (tertiary/aromatic N) is 2. The molecule has 0 aliphatic carbocycles. The van der Waals surface area contributed by atoms with Crippen LogP contribution in [0.5, 0.6) is 5.75 Å². The number of hydrogen-bond acceptors (Lipinski definition) is 5. The normalized spacial score (nSPS) is 21.1. The predicted octanol–water partition coefficient (Wildman–Crippen LogP) is 2.62. The van der Waals surface area contributed by atoms with Gasteiger partial charge in [0, 0.05) is 25.3 Å². The van der Waals surface area contributed by atoms with Crippen molar-refractivity contribution in [3.05, 3.63) is 33.9 Å². The molecule has 4 rings (SSSR count). The fourth-order valence-electron chi connectivity index (χ4n) is 4.26. The van der Waals surface area contributed by atoms with Gasteiger partial charge in [-0.1, -0.05) is 13.8 Å². The van der Waals surface area contributed by atoms with Crippen LogP contribution in [0.3, 0.4) is 0 Å². The van der Waals surface area contributed by atoms with E-state index in [1.807, 2.05) is 11.8 Å². The van der Waals surface area contributed by atoms with Crippen molar-refractivity contribution in [3.63, 3.8) is 0 Å². The van der Waals surface area contributed by atoms with E-state index in [1.54, 1.807) is 4.57 Å². The summed E-state index contributed by atoms with van der Waals surface area (Å²) in [6.45, 7) is 8.63. The van der Waals surface area contributed by atoms with Crippen molar-refractivity contribution in [2.75, 3.05) is 31.1 Å². The lowest BCUT2D eigenvalue weighted by atomic mass is 10.1. The molecule has 1 aromatic heterocycles. The maximum Gasteiger partial charge on any atom is 0.341 e. The molecule has 0 bridgehead atoms. The number of aromatic carboxylic acids is 1. The number of anilines is 1. The third-order valence-electron chi connectivity index (χ3n) is 5.79. The zero-order chi connectivity index (χ0) is 20.9. The van der Waals surface area contributed by atoms with Crippen molar-refractivity contribution in [3.8, 4) is 5.75 Å². The van der Waals surface area contributed by atoms with Crippen LogP contribution in [-0.2, 0) is 0 Å². The number of carboxylic acids is 1. The van der Waals surface area contributed by atoms with Gasteiger partial charge in [0.1, 0.15) is 17.9 Å². The smallest absolute Gasteiger partial charge is 0.341 e. The summed E-state index contributed by atoms with van der Waals surface area (Å²) in [6, 6.07) is 1.40. The van der Waals surface area contributed by atoms with Gasteiger partial charge in [0.25, 0.3) is 0 Å². The number of carbonyl (C=O) groups is 1. The minimum atomic E-state index is -1.31. The van der Waals surface area contributed by atoms with Crippen molar-refractivity contribution in [2.45, 2.75) is 39.3 Å². The summed E-state index contributed by atoms with van der Waals surface area (Å²) in [7, 11) is 0. The average Bonchev–Trinajstić information content (AvgIpc) is 3.12. The van der Waals surface area contributed by atoms with Crippen LogP contribution in [0.4, 0.5) is 10.1 Å². The second kappa shape index (κ2) is 7.33. The van der Waals surface area contributed by atoms with E-state index in [0.29, 0.717) is 42.0 Å². The highest BCUT2D eigenvalue weighted by atomic mass is 19.1. The van der Waals surface area contributed by atoms with E-state index in [-0.39, 0.29) is 23.6 Å². The molecule has 2 unspecified atom stereocenters. The van der Waals surface area contributed by atoms with Crippen molar-refractivity contribution in [1.29, 1.82) is 0 Å². The minimum absolute atomic E-state index is 0.0462. The van der Waals surface area contributed by atoms with Crippen LogP contribution in [0.1, 0.15) is 43.6 Å². The van der Waals surface area contributed by atoms with Gasteiger partial charge >= 0.3 is 5.97 Å². The van der Waals surface area contributed by atoms with E-state index < -0.39 is 17.2 Å². The zero-order valence-electron chi connectivity index (χ0n) is 16.9. The van der Waals surface area contributed by atoms with Crippen LogP contribution in [0, 0.1) is 11.7 Å². The van der Waals surface area contributed by atoms with Gasteiger partial charge in [-0.15, -0.1) is 0 Å². The predicted molar refractivity (Wildman–Crippen MR) is 109 cm³/mol. The Bertz CT molecular complexity index is 1030. The first-order valence-electron chi connectivity index (χ1n) is 10.0. The maximum absolute atomic E-state index is 15.2. The Hall–Kier alpha value is -2.61. The van der Waals surface area contributed by atoms with Crippen LogP contribution in [-0.4, -0.2) is 47.9 Å². The summed E-state index contributed by atoms with van der Waals surface area (Å²) < 4.78 is 22.8. The number of aromatic nitrogens is 1. The summed E-state index contributed by atoms with van der Waals surface area (Å²) in [4.78, 5) is 26.1. The second-order valence-electron chi connectivity index (χ2n) is 8.34. The number of pyridine rings is 1. The molecular weight excluding hydrogens is 377 g/mol. The Kier molecular flexibility index (Phi) is 4.98. The fraction of sp³-hybridized carbons (Fsp3) is 0.524. The van der Waals surface area contributed by atoms with Crippen LogP contribution in [0.2, 0.25) is 0 Å². The fourth-order valence-corrected chi connectivity index (χ4v) is 4.26. The monoisotopic (exact) mass is 403 g/mol. The van der Waals surface area contributed by atoms with Gasteiger partial charge in [0.15, 0.2) is 11.6 Å². The summed E-state index contributed by atoms with van der Waals surface area (Å²) in [6.07, 6.45) is 2.29. The van der Waals surface area contributed by atoms with E-state index in [4.69, 9.17) is 4.74 Å². The van der Waals surface area contributed by atoms with Crippen LogP contribution >= 0.6 is 0 Å². The molecule has 0 saturated carbocycles. The molecule has 0 spiro atoms. The third kappa shape index (κ3) is 3.35. The van der Waals surface area contributed by atoms with Crippen molar-refractivity contribution >= 4 is 22.6 Å².